The Labute approximate surface area is 111 Å². The molecule has 0 saturated carbocycles. The smallest absolute Gasteiger partial charge is 0.0931 e. The quantitative estimate of drug-likeness (QED) is 0.888. The molecule has 2 aromatic rings. The highest BCUT2D eigenvalue weighted by molar-refractivity contribution is 7.16. The molecular weight excluding hydrogens is 250 g/mol. The molecule has 1 heterocycles. The van der Waals surface area contributed by atoms with Crippen molar-refractivity contribution in [1.82, 2.24) is 0 Å². The molecule has 2 N–H and O–H groups in total. The standard InChI is InChI=1S/C14H16ClNS/c1-9-5-10(2)7-11(6-9)12(8-16)13-3-4-14(15)17-13/h3-7,12H,8,16H2,1-2H3. The van der Waals surface area contributed by atoms with E-state index in [0.29, 0.717) is 6.54 Å². The number of hydrogen-bond acceptors (Lipinski definition) is 2. The molecule has 0 amide bonds. The van der Waals surface area contributed by atoms with Crippen LogP contribution < -0.4 is 5.73 Å². The van der Waals surface area contributed by atoms with Crippen molar-refractivity contribution in [2.24, 2.45) is 5.73 Å². The third-order valence-electron chi connectivity index (χ3n) is 2.82. The fourth-order valence-corrected chi connectivity index (χ4v) is 3.35. The SMILES string of the molecule is Cc1cc(C)cc(C(CN)c2ccc(Cl)s2)c1. The second-order valence-corrected chi connectivity index (χ2v) is 6.10. The number of halogens is 1. The monoisotopic (exact) mass is 265 g/mol. The van der Waals surface area contributed by atoms with E-state index in [9.17, 15) is 0 Å². The van der Waals surface area contributed by atoms with Crippen LogP contribution in [0.5, 0.6) is 0 Å². The van der Waals surface area contributed by atoms with Gasteiger partial charge in [-0.2, -0.15) is 0 Å². The number of nitrogens with two attached hydrogens (primary N) is 1. The van der Waals surface area contributed by atoms with Gasteiger partial charge in [0.2, 0.25) is 0 Å². The van der Waals surface area contributed by atoms with Gasteiger partial charge in [-0.3, -0.25) is 0 Å². The van der Waals surface area contributed by atoms with E-state index in [4.69, 9.17) is 17.3 Å². The normalized spacial score (nSPS) is 12.7. The maximum atomic E-state index is 5.99. The van der Waals surface area contributed by atoms with Gasteiger partial charge in [0.15, 0.2) is 0 Å². The van der Waals surface area contributed by atoms with E-state index in [2.05, 4.69) is 38.1 Å². The van der Waals surface area contributed by atoms with Crippen molar-refractivity contribution in [3.63, 3.8) is 0 Å². The molecule has 90 valence electrons. The van der Waals surface area contributed by atoms with Gasteiger partial charge in [-0.05, 0) is 31.5 Å². The second-order valence-electron chi connectivity index (χ2n) is 4.35. The number of thiophene rings is 1. The Hall–Kier alpha value is -0.830. The first-order valence-corrected chi connectivity index (χ1v) is 6.83. The molecule has 1 aromatic carbocycles. The van der Waals surface area contributed by atoms with Crippen molar-refractivity contribution < 1.29 is 0 Å². The molecule has 17 heavy (non-hydrogen) atoms. The van der Waals surface area contributed by atoms with E-state index in [0.717, 1.165) is 4.34 Å². The highest BCUT2D eigenvalue weighted by Crippen LogP contribution is 2.32. The van der Waals surface area contributed by atoms with Crippen LogP contribution in [0.2, 0.25) is 4.34 Å². The van der Waals surface area contributed by atoms with Gasteiger partial charge >= 0.3 is 0 Å². The van der Waals surface area contributed by atoms with E-state index < -0.39 is 0 Å². The van der Waals surface area contributed by atoms with Crippen molar-refractivity contribution in [2.75, 3.05) is 6.54 Å². The van der Waals surface area contributed by atoms with Gasteiger partial charge in [-0.25, -0.2) is 0 Å². The van der Waals surface area contributed by atoms with Gasteiger partial charge in [0, 0.05) is 17.3 Å². The summed E-state index contributed by atoms with van der Waals surface area (Å²) in [6.07, 6.45) is 0. The van der Waals surface area contributed by atoms with Crippen LogP contribution in [0.3, 0.4) is 0 Å². The maximum absolute atomic E-state index is 5.99. The van der Waals surface area contributed by atoms with Crippen molar-refractivity contribution in [2.45, 2.75) is 19.8 Å². The minimum absolute atomic E-state index is 0.256. The van der Waals surface area contributed by atoms with Crippen molar-refractivity contribution in [3.05, 3.63) is 56.2 Å². The molecule has 0 aliphatic carbocycles. The maximum Gasteiger partial charge on any atom is 0.0931 e. The highest BCUT2D eigenvalue weighted by Gasteiger charge is 2.15. The van der Waals surface area contributed by atoms with Gasteiger partial charge in [-0.15, -0.1) is 11.3 Å². The van der Waals surface area contributed by atoms with Gasteiger partial charge in [-0.1, -0.05) is 40.9 Å². The molecule has 0 aliphatic heterocycles. The highest BCUT2D eigenvalue weighted by atomic mass is 35.5. The minimum atomic E-state index is 0.256. The van der Waals surface area contributed by atoms with E-state index >= 15 is 0 Å². The molecule has 0 radical (unpaired) electrons. The Kier molecular flexibility index (Phi) is 3.87. The Morgan fingerprint density at radius 3 is 2.29 bits per heavy atom. The lowest BCUT2D eigenvalue weighted by atomic mass is 9.94. The molecule has 0 fully saturated rings. The van der Waals surface area contributed by atoms with E-state index in [-0.39, 0.29) is 5.92 Å². The summed E-state index contributed by atoms with van der Waals surface area (Å²) in [4.78, 5) is 1.24. The van der Waals surface area contributed by atoms with Crippen molar-refractivity contribution >= 4 is 22.9 Å². The Morgan fingerprint density at radius 2 is 1.82 bits per heavy atom. The van der Waals surface area contributed by atoms with Crippen molar-refractivity contribution in [3.8, 4) is 0 Å². The molecule has 2 rings (SSSR count). The lowest BCUT2D eigenvalue weighted by Crippen LogP contribution is -2.13. The summed E-state index contributed by atoms with van der Waals surface area (Å²) >= 11 is 7.60. The number of hydrogen-bond donors (Lipinski definition) is 1. The van der Waals surface area contributed by atoms with Gasteiger partial charge < -0.3 is 5.73 Å². The third kappa shape index (κ3) is 2.89. The number of rotatable bonds is 3. The Balaban J connectivity index is 2.41. The zero-order valence-electron chi connectivity index (χ0n) is 10.0. The van der Waals surface area contributed by atoms with Crippen LogP contribution in [0, 0.1) is 13.8 Å². The fraction of sp³-hybridized carbons (Fsp3) is 0.286. The first-order valence-electron chi connectivity index (χ1n) is 5.63. The lowest BCUT2D eigenvalue weighted by Gasteiger charge is -2.15. The minimum Gasteiger partial charge on any atom is -0.329 e. The van der Waals surface area contributed by atoms with Crippen LogP contribution in [-0.4, -0.2) is 6.54 Å². The largest absolute Gasteiger partial charge is 0.329 e. The van der Waals surface area contributed by atoms with Gasteiger partial charge in [0.05, 0.1) is 4.34 Å². The van der Waals surface area contributed by atoms with E-state index in [1.165, 1.54) is 21.6 Å². The summed E-state index contributed by atoms with van der Waals surface area (Å²) in [5.74, 6) is 0.256. The molecule has 1 nitrogen and oxygen atoms in total. The molecule has 0 bridgehead atoms. The van der Waals surface area contributed by atoms with Crippen molar-refractivity contribution in [1.29, 1.82) is 0 Å². The molecule has 3 heteroatoms. The van der Waals surface area contributed by atoms with Gasteiger partial charge in [0.1, 0.15) is 0 Å². The summed E-state index contributed by atoms with van der Waals surface area (Å²) in [7, 11) is 0. The molecule has 0 aliphatic rings. The molecule has 1 atom stereocenters. The van der Waals surface area contributed by atoms with E-state index in [1.54, 1.807) is 11.3 Å². The molecular formula is C14H16ClNS. The zero-order chi connectivity index (χ0) is 12.4. The first-order chi connectivity index (χ1) is 8.10. The summed E-state index contributed by atoms with van der Waals surface area (Å²) in [6.45, 7) is 4.84. The van der Waals surface area contributed by atoms with Crippen LogP contribution in [0.4, 0.5) is 0 Å². The van der Waals surface area contributed by atoms with Crippen LogP contribution >= 0.6 is 22.9 Å². The van der Waals surface area contributed by atoms with Crippen LogP contribution in [-0.2, 0) is 0 Å². The van der Waals surface area contributed by atoms with Crippen LogP contribution in [0.25, 0.3) is 0 Å². The average Bonchev–Trinajstić information content (AvgIpc) is 2.64. The second kappa shape index (κ2) is 5.21. The Morgan fingerprint density at radius 1 is 1.18 bits per heavy atom. The first kappa shape index (κ1) is 12.6. The predicted octanol–water partition coefficient (Wildman–Crippen LogP) is 4.11. The van der Waals surface area contributed by atoms with Crippen LogP contribution in [0.1, 0.15) is 27.5 Å². The topological polar surface area (TPSA) is 26.0 Å². The fourth-order valence-electron chi connectivity index (χ4n) is 2.14. The lowest BCUT2D eigenvalue weighted by molar-refractivity contribution is 0.833. The van der Waals surface area contributed by atoms with Gasteiger partial charge in [0.25, 0.3) is 0 Å². The number of aryl methyl sites for hydroxylation is 2. The molecule has 1 aromatic heterocycles. The predicted molar refractivity (Wildman–Crippen MR) is 76.1 cm³/mol. The molecule has 1 unspecified atom stereocenters. The Bertz CT molecular complexity index is 498. The van der Waals surface area contributed by atoms with Crippen LogP contribution in [0.15, 0.2) is 30.3 Å². The third-order valence-corrected chi connectivity index (χ3v) is 4.16. The summed E-state index contributed by atoms with van der Waals surface area (Å²) < 4.78 is 0.822. The molecule has 0 spiro atoms. The van der Waals surface area contributed by atoms with E-state index in [1.807, 2.05) is 6.07 Å². The summed E-state index contributed by atoms with van der Waals surface area (Å²) in [5, 5.41) is 0. The average molecular weight is 266 g/mol. The molecule has 0 saturated heterocycles. The summed E-state index contributed by atoms with van der Waals surface area (Å²) in [5.41, 5.74) is 9.75. The number of benzene rings is 1. The summed E-state index contributed by atoms with van der Waals surface area (Å²) in [6, 6.07) is 10.6. The zero-order valence-corrected chi connectivity index (χ0v) is 11.6.